The molecule has 0 unspecified atom stereocenters. The molecule has 64 valence electrons. The first kappa shape index (κ1) is 11.3. The third-order valence-electron chi connectivity index (χ3n) is 1.27. The minimum Gasteiger partial charge on any atom is -0.484 e. The zero-order chi connectivity index (χ0) is 7.94. The van der Waals surface area contributed by atoms with Gasteiger partial charge < -0.3 is 4.98 Å². The smallest absolute Gasteiger partial charge is 0.484 e. The van der Waals surface area contributed by atoms with Gasteiger partial charge in [0, 0.05) is 0 Å². The van der Waals surface area contributed by atoms with Crippen molar-refractivity contribution in [3.8, 4) is 0 Å². The summed E-state index contributed by atoms with van der Waals surface area (Å²) < 4.78 is 0. The summed E-state index contributed by atoms with van der Waals surface area (Å²) >= 11 is 0. The fourth-order valence-electron chi connectivity index (χ4n) is 0.711. The minimum atomic E-state index is 0. The first-order valence-corrected chi connectivity index (χ1v) is 3.57. The van der Waals surface area contributed by atoms with Gasteiger partial charge in [0.25, 0.3) is 0 Å². The Hall–Kier alpha value is -0.747. The van der Waals surface area contributed by atoms with E-state index in [-0.39, 0.29) is 19.5 Å². The molecule has 0 aliphatic heterocycles. The van der Waals surface area contributed by atoms with E-state index in [9.17, 15) is 0 Å². The zero-order valence-corrected chi connectivity index (χ0v) is 8.63. The van der Waals surface area contributed by atoms with E-state index in [0.717, 1.165) is 0 Å². The van der Waals surface area contributed by atoms with Crippen LogP contribution in [0.15, 0.2) is 42.6 Å². The summed E-state index contributed by atoms with van der Waals surface area (Å²) in [5, 5.41) is 0. The van der Waals surface area contributed by atoms with Crippen molar-refractivity contribution in [2.75, 3.05) is 0 Å². The summed E-state index contributed by atoms with van der Waals surface area (Å²) in [7, 11) is 0. The van der Waals surface area contributed by atoms with E-state index in [2.05, 4.69) is 30.2 Å². The summed E-state index contributed by atoms with van der Waals surface area (Å²) in [5.74, 6) is 0. The number of aryl methyl sites for hydroxylation is 1. The van der Waals surface area contributed by atoms with Crippen LogP contribution in [-0.4, -0.2) is 4.98 Å². The van der Waals surface area contributed by atoms with Gasteiger partial charge in [-0.15, -0.1) is 6.20 Å². The van der Waals surface area contributed by atoms with Gasteiger partial charge in [-0.05, 0) is 0 Å². The van der Waals surface area contributed by atoms with Gasteiger partial charge in [0.15, 0.2) is 0 Å². The summed E-state index contributed by atoms with van der Waals surface area (Å²) in [6.45, 7) is 2.08. The first-order chi connectivity index (χ1) is 5.39. The largest absolute Gasteiger partial charge is 2.00 e. The molecule has 1 N–H and O–H groups in total. The van der Waals surface area contributed by atoms with Gasteiger partial charge >= 0.3 is 19.5 Å². The summed E-state index contributed by atoms with van der Waals surface area (Å²) in [4.78, 5) is 2.74. The maximum absolute atomic E-state index is 2.74. The van der Waals surface area contributed by atoms with Crippen LogP contribution in [0.25, 0.3) is 0 Å². The van der Waals surface area contributed by atoms with Crippen LogP contribution in [-0.2, 0) is 19.5 Å². The molecular formula is C10H11NRu. The van der Waals surface area contributed by atoms with Gasteiger partial charge in [-0.1, -0.05) is 6.92 Å². The Balaban J connectivity index is 0.000000189. The van der Waals surface area contributed by atoms with Crippen molar-refractivity contribution < 1.29 is 19.5 Å². The van der Waals surface area contributed by atoms with Gasteiger partial charge in [-0.3, -0.25) is 0 Å². The molecule has 1 heterocycles. The number of hydrogen-bond acceptors (Lipinski definition) is 0. The molecule has 0 saturated carbocycles. The number of nitrogens with one attached hydrogen (secondary N) is 1. The molecule has 0 spiro atoms. The van der Waals surface area contributed by atoms with Crippen LogP contribution in [0, 0.1) is 13.1 Å². The molecule has 1 aromatic heterocycles. The van der Waals surface area contributed by atoms with E-state index < -0.39 is 0 Å². The van der Waals surface area contributed by atoms with Crippen LogP contribution in [0.2, 0.25) is 0 Å². The first-order valence-electron chi connectivity index (χ1n) is 3.57. The molecule has 0 saturated heterocycles. The van der Waals surface area contributed by atoms with Gasteiger partial charge in [0.1, 0.15) is 0 Å². The molecule has 12 heavy (non-hydrogen) atoms. The van der Waals surface area contributed by atoms with Crippen LogP contribution in [0.3, 0.4) is 0 Å². The second kappa shape index (κ2) is 6.93. The molecule has 0 fully saturated rings. The normalized spacial score (nSPS) is 7.75. The molecule has 0 aliphatic rings. The average molecular weight is 246 g/mol. The number of hydrogen-bond donors (Lipinski definition) is 1. The Morgan fingerprint density at radius 2 is 1.83 bits per heavy atom. The van der Waals surface area contributed by atoms with E-state index >= 15 is 0 Å². The molecule has 0 aliphatic carbocycles. The maximum Gasteiger partial charge on any atom is 2.00 e. The van der Waals surface area contributed by atoms with Gasteiger partial charge in [0.2, 0.25) is 0 Å². The molecule has 1 aromatic carbocycles. The van der Waals surface area contributed by atoms with Crippen LogP contribution in [0.5, 0.6) is 0 Å². The van der Waals surface area contributed by atoms with Crippen molar-refractivity contribution >= 4 is 0 Å². The van der Waals surface area contributed by atoms with Gasteiger partial charge in [-0.2, -0.15) is 36.0 Å². The molecular weight excluding hydrogens is 235 g/mol. The number of H-pyrrole nitrogens is 1. The van der Waals surface area contributed by atoms with E-state index in [1.807, 2.05) is 30.5 Å². The van der Waals surface area contributed by atoms with E-state index in [1.165, 1.54) is 5.56 Å². The van der Waals surface area contributed by atoms with Crippen molar-refractivity contribution in [1.29, 1.82) is 0 Å². The average Bonchev–Trinajstić information content (AvgIpc) is 2.57. The summed E-state index contributed by atoms with van der Waals surface area (Å²) in [5.41, 5.74) is 1.34. The van der Waals surface area contributed by atoms with Crippen molar-refractivity contribution in [1.82, 2.24) is 4.98 Å². The third-order valence-corrected chi connectivity index (χ3v) is 1.27. The quantitative estimate of drug-likeness (QED) is 0.543. The number of rotatable bonds is 0. The SMILES string of the molecule is C[c-]1cccc1.[Ru+2].[c-]1ccc[nH]1. The Labute approximate surface area is 85.9 Å². The van der Waals surface area contributed by atoms with Crippen molar-refractivity contribution in [2.45, 2.75) is 6.92 Å². The maximum atomic E-state index is 2.74. The molecule has 0 bridgehead atoms. The molecule has 2 aromatic rings. The molecule has 0 atom stereocenters. The van der Waals surface area contributed by atoms with Crippen molar-refractivity contribution in [3.05, 3.63) is 54.4 Å². The van der Waals surface area contributed by atoms with E-state index in [1.54, 1.807) is 0 Å². The monoisotopic (exact) mass is 247 g/mol. The fourth-order valence-corrected chi connectivity index (χ4v) is 0.711. The summed E-state index contributed by atoms with van der Waals surface area (Å²) in [6, 6.07) is 11.9. The van der Waals surface area contributed by atoms with Gasteiger partial charge in [0.05, 0.1) is 0 Å². The molecule has 0 amide bonds. The van der Waals surface area contributed by atoms with Crippen LogP contribution >= 0.6 is 0 Å². The van der Waals surface area contributed by atoms with Crippen LogP contribution in [0.4, 0.5) is 0 Å². The molecule has 0 radical (unpaired) electrons. The number of aromatic nitrogens is 1. The molecule has 2 heteroatoms. The summed E-state index contributed by atoms with van der Waals surface area (Å²) in [6.07, 6.45) is 4.56. The molecule has 1 nitrogen and oxygen atoms in total. The van der Waals surface area contributed by atoms with Crippen LogP contribution < -0.4 is 0 Å². The Morgan fingerprint density at radius 1 is 1.17 bits per heavy atom. The Morgan fingerprint density at radius 3 is 2.00 bits per heavy atom. The van der Waals surface area contributed by atoms with Crippen molar-refractivity contribution in [3.63, 3.8) is 0 Å². The topological polar surface area (TPSA) is 15.8 Å². The van der Waals surface area contributed by atoms with E-state index in [0.29, 0.717) is 0 Å². The van der Waals surface area contributed by atoms with E-state index in [4.69, 9.17) is 0 Å². The van der Waals surface area contributed by atoms with Crippen LogP contribution in [0.1, 0.15) is 5.56 Å². The fraction of sp³-hybridized carbons (Fsp3) is 0.100. The predicted octanol–water partition coefficient (Wildman–Crippen LogP) is 2.53. The predicted molar refractivity (Wildman–Crippen MR) is 46.4 cm³/mol. The van der Waals surface area contributed by atoms with Gasteiger partial charge in [-0.25, -0.2) is 12.1 Å². The molecule has 2 rings (SSSR count). The second-order valence-electron chi connectivity index (χ2n) is 2.28. The standard InChI is InChI=1S/C6H7.C4H4N.Ru/c1-6-4-2-3-5-6;1-2-4-5-3-1;/h2-5H,1H3;1-3,5H;/q2*-1;+2. The Bertz CT molecular complexity index is 228. The Kier molecular flexibility index (Phi) is 6.50. The minimum absolute atomic E-state index is 0. The zero-order valence-electron chi connectivity index (χ0n) is 6.90. The van der Waals surface area contributed by atoms with Crippen molar-refractivity contribution in [2.24, 2.45) is 0 Å². The third kappa shape index (κ3) is 4.98. The second-order valence-corrected chi connectivity index (χ2v) is 2.28. The number of aromatic amines is 1.